The van der Waals surface area contributed by atoms with E-state index in [-0.39, 0.29) is 12.7 Å². The van der Waals surface area contributed by atoms with Gasteiger partial charge in [0.1, 0.15) is 0 Å². The average molecular weight is 221 g/mol. The largest absolute Gasteiger partial charge is 0.394 e. The summed E-state index contributed by atoms with van der Waals surface area (Å²) in [6.45, 7) is 0.825. The van der Waals surface area contributed by atoms with Crippen LogP contribution >= 0.6 is 0 Å². The highest BCUT2D eigenvalue weighted by Gasteiger charge is 2.23. The minimum atomic E-state index is -0.0968. The first-order valence-electron chi connectivity index (χ1n) is 5.87. The van der Waals surface area contributed by atoms with Gasteiger partial charge in [-0.25, -0.2) is 0 Å². The zero-order valence-electron chi connectivity index (χ0n) is 9.43. The molecule has 16 heavy (non-hydrogen) atoms. The van der Waals surface area contributed by atoms with Gasteiger partial charge >= 0.3 is 0 Å². The van der Waals surface area contributed by atoms with Crippen molar-refractivity contribution in [1.82, 2.24) is 0 Å². The monoisotopic (exact) mass is 221 g/mol. The average Bonchev–Trinajstić information content (AvgIpc) is 3.15. The Bertz CT molecular complexity index is 319. The predicted molar refractivity (Wildman–Crippen MR) is 63.3 cm³/mol. The van der Waals surface area contributed by atoms with Crippen LogP contribution in [0.4, 0.5) is 0 Å². The van der Waals surface area contributed by atoms with Gasteiger partial charge in [-0.1, -0.05) is 24.3 Å². The van der Waals surface area contributed by atoms with E-state index < -0.39 is 0 Å². The molecule has 2 rings (SSSR count). The molecule has 0 aliphatic heterocycles. The number of hydrogen-bond acceptors (Lipinski definition) is 3. The highest BCUT2D eigenvalue weighted by Crippen LogP contribution is 2.40. The van der Waals surface area contributed by atoms with E-state index in [1.165, 1.54) is 18.4 Å². The molecule has 1 unspecified atom stereocenters. The fourth-order valence-electron chi connectivity index (χ4n) is 1.89. The lowest BCUT2D eigenvalue weighted by Gasteiger charge is -2.16. The lowest BCUT2D eigenvalue weighted by molar-refractivity contribution is 0.0329. The summed E-state index contributed by atoms with van der Waals surface area (Å²) in [5, 5.41) is 8.72. The second-order valence-corrected chi connectivity index (χ2v) is 4.26. The summed E-state index contributed by atoms with van der Waals surface area (Å²) in [7, 11) is 0. The molecule has 88 valence electrons. The Morgan fingerprint density at radius 1 is 1.31 bits per heavy atom. The lowest BCUT2D eigenvalue weighted by Crippen LogP contribution is -2.17. The number of hydrogen-bond donors (Lipinski definition) is 2. The third-order valence-electron chi connectivity index (χ3n) is 2.98. The van der Waals surface area contributed by atoms with Crippen LogP contribution in [0.2, 0.25) is 0 Å². The van der Waals surface area contributed by atoms with Crippen LogP contribution in [-0.4, -0.2) is 24.9 Å². The van der Waals surface area contributed by atoms with E-state index in [4.69, 9.17) is 15.6 Å². The molecule has 3 nitrogen and oxygen atoms in total. The lowest BCUT2D eigenvalue weighted by atomic mass is 10.0. The van der Waals surface area contributed by atoms with Crippen molar-refractivity contribution in [3.05, 3.63) is 35.4 Å². The second kappa shape index (κ2) is 5.43. The van der Waals surface area contributed by atoms with E-state index in [1.54, 1.807) is 0 Å². The molecule has 3 heteroatoms. The zero-order valence-corrected chi connectivity index (χ0v) is 9.43. The Hall–Kier alpha value is -0.900. The van der Waals surface area contributed by atoms with Gasteiger partial charge in [-0.2, -0.15) is 0 Å². The number of ether oxygens (including phenoxy) is 1. The second-order valence-electron chi connectivity index (χ2n) is 4.26. The third-order valence-corrected chi connectivity index (χ3v) is 2.98. The van der Waals surface area contributed by atoms with Crippen LogP contribution in [0.15, 0.2) is 24.3 Å². The summed E-state index contributed by atoms with van der Waals surface area (Å²) in [6.07, 6.45) is 2.54. The molecule has 0 bridgehead atoms. The molecule has 1 fully saturated rings. The molecule has 3 N–H and O–H groups in total. The molecule has 1 aliphatic carbocycles. The van der Waals surface area contributed by atoms with E-state index in [9.17, 15) is 0 Å². The summed E-state index contributed by atoms with van der Waals surface area (Å²) >= 11 is 0. The van der Waals surface area contributed by atoms with Gasteiger partial charge in [0.25, 0.3) is 0 Å². The van der Waals surface area contributed by atoms with E-state index in [0.717, 1.165) is 11.5 Å². The van der Waals surface area contributed by atoms with Gasteiger partial charge in [-0.3, -0.25) is 0 Å². The van der Waals surface area contributed by atoms with Crippen molar-refractivity contribution in [3.8, 4) is 0 Å². The van der Waals surface area contributed by atoms with E-state index in [2.05, 4.69) is 24.3 Å². The van der Waals surface area contributed by atoms with Crippen molar-refractivity contribution in [2.75, 3.05) is 19.8 Å². The molecule has 0 radical (unpaired) electrons. The van der Waals surface area contributed by atoms with Crippen LogP contribution in [0.1, 0.15) is 36.0 Å². The summed E-state index contributed by atoms with van der Waals surface area (Å²) in [5.41, 5.74) is 8.16. The number of rotatable bonds is 6. The maximum Gasteiger partial charge on any atom is 0.0948 e. The van der Waals surface area contributed by atoms with Crippen LogP contribution in [0, 0.1) is 0 Å². The maximum atomic E-state index is 8.72. The molecule has 1 atom stereocenters. The fourth-order valence-corrected chi connectivity index (χ4v) is 1.89. The van der Waals surface area contributed by atoms with Crippen molar-refractivity contribution >= 4 is 0 Å². The van der Waals surface area contributed by atoms with Crippen LogP contribution in [0.3, 0.4) is 0 Å². The van der Waals surface area contributed by atoms with Gasteiger partial charge in [-0.05, 0) is 29.9 Å². The van der Waals surface area contributed by atoms with Crippen LogP contribution < -0.4 is 5.73 Å². The highest BCUT2D eigenvalue weighted by molar-refractivity contribution is 5.29. The number of aliphatic hydroxyl groups excluding tert-OH is 1. The molecular weight excluding hydrogens is 202 g/mol. The minimum absolute atomic E-state index is 0.0384. The first-order chi connectivity index (χ1) is 7.85. The number of benzene rings is 1. The summed E-state index contributed by atoms with van der Waals surface area (Å²) in [6, 6.07) is 8.50. The van der Waals surface area contributed by atoms with E-state index in [0.29, 0.717) is 13.2 Å². The molecule has 1 aromatic carbocycles. The van der Waals surface area contributed by atoms with Crippen molar-refractivity contribution in [3.63, 3.8) is 0 Å². The van der Waals surface area contributed by atoms with Crippen LogP contribution in [0.25, 0.3) is 0 Å². The van der Waals surface area contributed by atoms with Gasteiger partial charge in [0.2, 0.25) is 0 Å². The Kier molecular flexibility index (Phi) is 3.93. The molecule has 0 spiro atoms. The van der Waals surface area contributed by atoms with Crippen molar-refractivity contribution < 1.29 is 9.84 Å². The molecule has 0 amide bonds. The maximum absolute atomic E-state index is 8.72. The fraction of sp³-hybridized carbons (Fsp3) is 0.538. The quantitative estimate of drug-likeness (QED) is 0.766. The first-order valence-corrected chi connectivity index (χ1v) is 5.87. The molecular formula is C13H19NO2. The third kappa shape index (κ3) is 2.82. The summed E-state index contributed by atoms with van der Waals surface area (Å²) in [4.78, 5) is 0. The Morgan fingerprint density at radius 3 is 2.50 bits per heavy atom. The van der Waals surface area contributed by atoms with Crippen LogP contribution in [-0.2, 0) is 4.74 Å². The Morgan fingerprint density at radius 2 is 2.00 bits per heavy atom. The smallest absolute Gasteiger partial charge is 0.0948 e. The molecule has 0 aromatic heterocycles. The molecule has 1 saturated carbocycles. The summed E-state index contributed by atoms with van der Waals surface area (Å²) in [5.74, 6) is 0.781. The standard InChI is InChI=1S/C13H19NO2/c14-9-13(16-8-7-15)12-5-3-11(4-6-12)10-1-2-10/h3-6,10,13,15H,1-2,7-9,14H2. The van der Waals surface area contributed by atoms with E-state index in [1.807, 2.05) is 0 Å². The molecule has 0 heterocycles. The Labute approximate surface area is 96.2 Å². The van der Waals surface area contributed by atoms with Crippen molar-refractivity contribution in [2.24, 2.45) is 5.73 Å². The van der Waals surface area contributed by atoms with Gasteiger partial charge in [0, 0.05) is 6.54 Å². The highest BCUT2D eigenvalue weighted by atomic mass is 16.5. The molecule has 1 aliphatic rings. The zero-order chi connectivity index (χ0) is 11.4. The first kappa shape index (κ1) is 11.6. The molecule has 0 saturated heterocycles. The van der Waals surface area contributed by atoms with Crippen LogP contribution in [0.5, 0.6) is 0 Å². The molecule has 1 aromatic rings. The van der Waals surface area contributed by atoms with Gasteiger partial charge in [0.15, 0.2) is 0 Å². The normalized spacial score (nSPS) is 17.4. The number of nitrogens with two attached hydrogens (primary N) is 1. The van der Waals surface area contributed by atoms with Crippen molar-refractivity contribution in [1.29, 1.82) is 0 Å². The topological polar surface area (TPSA) is 55.5 Å². The van der Waals surface area contributed by atoms with Gasteiger partial charge in [-0.15, -0.1) is 0 Å². The Balaban J connectivity index is 2.00. The van der Waals surface area contributed by atoms with Gasteiger partial charge < -0.3 is 15.6 Å². The predicted octanol–water partition coefficient (Wildman–Crippen LogP) is 1.57. The van der Waals surface area contributed by atoms with Gasteiger partial charge in [0.05, 0.1) is 19.3 Å². The minimum Gasteiger partial charge on any atom is -0.394 e. The van der Waals surface area contributed by atoms with E-state index >= 15 is 0 Å². The number of aliphatic hydroxyl groups is 1. The summed E-state index contributed by atoms with van der Waals surface area (Å²) < 4.78 is 5.47. The van der Waals surface area contributed by atoms with Crippen molar-refractivity contribution in [2.45, 2.75) is 24.9 Å². The SMILES string of the molecule is NCC(OCCO)c1ccc(C2CC2)cc1.